The number of nitrogens with zero attached hydrogens (tertiary/aromatic N) is 2. The van der Waals surface area contributed by atoms with E-state index in [-0.39, 0.29) is 18.8 Å². The molecule has 2 rings (SSSR count). The van der Waals surface area contributed by atoms with Gasteiger partial charge in [-0.1, -0.05) is 20.8 Å². The summed E-state index contributed by atoms with van der Waals surface area (Å²) in [6.45, 7) is 6.08. The van der Waals surface area contributed by atoms with Gasteiger partial charge in [0.25, 0.3) is 0 Å². The van der Waals surface area contributed by atoms with E-state index in [9.17, 15) is 5.11 Å². The fraction of sp³-hybridized carbons (Fsp3) is 0.529. The molecule has 1 aromatic rings. The van der Waals surface area contributed by atoms with Gasteiger partial charge in [0, 0.05) is 30.9 Å². The third-order valence-corrected chi connectivity index (χ3v) is 3.71. The summed E-state index contributed by atoms with van der Waals surface area (Å²) in [5.74, 6) is -0.336. The molecule has 0 radical (unpaired) electrons. The minimum atomic E-state index is -0.908. The SMILES string of the molecule is CC(C)(C)c1c(C[C@@H](O)CO)cnc(C2=CC=NCC2)c1F. The Hall–Kier alpha value is -1.59. The lowest BCUT2D eigenvalue weighted by Crippen LogP contribution is -2.23. The Labute approximate surface area is 130 Å². The molecular weight excluding hydrogens is 283 g/mol. The van der Waals surface area contributed by atoms with E-state index in [2.05, 4.69) is 9.98 Å². The van der Waals surface area contributed by atoms with Crippen LogP contribution in [0.4, 0.5) is 4.39 Å². The van der Waals surface area contributed by atoms with Crippen LogP contribution in [0.2, 0.25) is 0 Å². The molecule has 0 saturated heterocycles. The van der Waals surface area contributed by atoms with Crippen molar-refractivity contribution in [3.8, 4) is 0 Å². The van der Waals surface area contributed by atoms with E-state index in [0.717, 1.165) is 5.57 Å². The van der Waals surface area contributed by atoms with Crippen molar-refractivity contribution in [3.63, 3.8) is 0 Å². The van der Waals surface area contributed by atoms with Gasteiger partial charge < -0.3 is 10.2 Å². The third kappa shape index (κ3) is 3.59. The number of aromatic nitrogens is 1. The zero-order valence-corrected chi connectivity index (χ0v) is 13.3. The highest BCUT2D eigenvalue weighted by Gasteiger charge is 2.27. The first-order chi connectivity index (χ1) is 10.3. The molecule has 0 amide bonds. The van der Waals surface area contributed by atoms with Crippen LogP contribution in [0, 0.1) is 5.82 Å². The molecule has 4 nitrogen and oxygen atoms in total. The quantitative estimate of drug-likeness (QED) is 0.897. The monoisotopic (exact) mass is 306 g/mol. The first kappa shape index (κ1) is 16.8. The fourth-order valence-electron chi connectivity index (χ4n) is 2.71. The standard InChI is InChI=1S/C17H23FN2O2/c1-17(2,3)14-12(8-13(22)10-21)9-20-16(15(14)18)11-4-6-19-7-5-11/h4,6,9,13,21-22H,5,7-8,10H2,1-3H3/t13-/m1/s1. The highest BCUT2D eigenvalue weighted by Crippen LogP contribution is 2.33. The smallest absolute Gasteiger partial charge is 0.153 e. The van der Waals surface area contributed by atoms with Crippen LogP contribution >= 0.6 is 0 Å². The Morgan fingerprint density at radius 3 is 2.64 bits per heavy atom. The van der Waals surface area contributed by atoms with Crippen molar-refractivity contribution in [2.24, 2.45) is 4.99 Å². The van der Waals surface area contributed by atoms with E-state index in [4.69, 9.17) is 5.11 Å². The molecule has 22 heavy (non-hydrogen) atoms. The number of dihydropyridines is 1. The van der Waals surface area contributed by atoms with Gasteiger partial charge in [-0.05, 0) is 29.0 Å². The third-order valence-electron chi connectivity index (χ3n) is 3.71. The molecule has 0 aliphatic carbocycles. The Morgan fingerprint density at radius 1 is 1.36 bits per heavy atom. The average Bonchev–Trinajstić information content (AvgIpc) is 2.46. The minimum absolute atomic E-state index is 0.188. The molecule has 2 N–H and O–H groups in total. The van der Waals surface area contributed by atoms with Crippen molar-refractivity contribution in [1.29, 1.82) is 0 Å². The number of halogens is 1. The van der Waals surface area contributed by atoms with E-state index >= 15 is 4.39 Å². The lowest BCUT2D eigenvalue weighted by atomic mass is 9.81. The number of aliphatic imine (C=N–C) groups is 1. The van der Waals surface area contributed by atoms with E-state index in [0.29, 0.717) is 29.8 Å². The Balaban J connectivity index is 2.52. The number of hydrogen-bond acceptors (Lipinski definition) is 4. The summed E-state index contributed by atoms with van der Waals surface area (Å²) in [5.41, 5.74) is 1.97. The van der Waals surface area contributed by atoms with E-state index < -0.39 is 11.5 Å². The van der Waals surface area contributed by atoms with Crippen molar-refractivity contribution in [1.82, 2.24) is 4.98 Å². The van der Waals surface area contributed by atoms with Crippen LogP contribution in [-0.4, -0.2) is 40.7 Å². The maximum absolute atomic E-state index is 15.1. The first-order valence-corrected chi connectivity index (χ1v) is 7.50. The molecule has 0 bridgehead atoms. The summed E-state index contributed by atoms with van der Waals surface area (Å²) in [4.78, 5) is 8.37. The maximum Gasteiger partial charge on any atom is 0.153 e. The number of allylic oxidation sites excluding steroid dienone is 1. The second-order valence-electron chi connectivity index (χ2n) is 6.61. The van der Waals surface area contributed by atoms with Gasteiger partial charge in [0.2, 0.25) is 0 Å². The number of pyridine rings is 1. The van der Waals surface area contributed by atoms with Crippen LogP contribution in [0.25, 0.3) is 5.57 Å². The normalized spacial score (nSPS) is 16.5. The molecule has 1 aliphatic heterocycles. The predicted octanol–water partition coefficient (Wildman–Crippen LogP) is 2.27. The van der Waals surface area contributed by atoms with Gasteiger partial charge in [0.1, 0.15) is 5.69 Å². The van der Waals surface area contributed by atoms with E-state index in [1.807, 2.05) is 20.8 Å². The van der Waals surface area contributed by atoms with Crippen molar-refractivity contribution in [3.05, 3.63) is 34.9 Å². The molecular formula is C17H23FN2O2. The largest absolute Gasteiger partial charge is 0.394 e. The summed E-state index contributed by atoms with van der Waals surface area (Å²) in [6.07, 6.45) is 5.04. The molecule has 0 saturated carbocycles. The second-order valence-corrected chi connectivity index (χ2v) is 6.61. The molecule has 1 aliphatic rings. The predicted molar refractivity (Wildman–Crippen MR) is 85.6 cm³/mol. The van der Waals surface area contributed by atoms with Crippen LogP contribution in [0.15, 0.2) is 17.3 Å². The van der Waals surface area contributed by atoms with Crippen LogP contribution in [-0.2, 0) is 11.8 Å². The molecule has 5 heteroatoms. The molecule has 1 aromatic heterocycles. The number of hydrogen-bond donors (Lipinski definition) is 2. The lowest BCUT2D eigenvalue weighted by molar-refractivity contribution is 0.0950. The van der Waals surface area contributed by atoms with Gasteiger partial charge in [-0.2, -0.15) is 0 Å². The van der Waals surface area contributed by atoms with Crippen LogP contribution in [0.3, 0.4) is 0 Å². The van der Waals surface area contributed by atoms with Gasteiger partial charge in [-0.25, -0.2) is 4.39 Å². The summed E-state index contributed by atoms with van der Waals surface area (Å²) in [6, 6.07) is 0. The van der Waals surface area contributed by atoms with Crippen molar-refractivity contribution < 1.29 is 14.6 Å². The highest BCUT2D eigenvalue weighted by molar-refractivity contribution is 5.85. The second kappa shape index (κ2) is 6.67. The molecule has 0 unspecified atom stereocenters. The van der Waals surface area contributed by atoms with E-state index in [1.165, 1.54) is 0 Å². The number of rotatable bonds is 4. The van der Waals surface area contributed by atoms with Crippen LogP contribution < -0.4 is 0 Å². The molecule has 120 valence electrons. The molecule has 0 fully saturated rings. The summed E-state index contributed by atoms with van der Waals surface area (Å²) < 4.78 is 15.1. The van der Waals surface area contributed by atoms with Crippen LogP contribution in [0.5, 0.6) is 0 Å². The Bertz CT molecular complexity index is 603. The first-order valence-electron chi connectivity index (χ1n) is 7.50. The molecule has 0 spiro atoms. The Kier molecular flexibility index (Phi) is 5.08. The zero-order chi connectivity index (χ0) is 16.3. The van der Waals surface area contributed by atoms with Crippen molar-refractivity contribution in [2.45, 2.75) is 45.1 Å². The molecule has 0 aromatic carbocycles. The zero-order valence-electron chi connectivity index (χ0n) is 13.3. The summed E-state index contributed by atoms with van der Waals surface area (Å²) >= 11 is 0. The van der Waals surface area contributed by atoms with Gasteiger partial charge in [0.15, 0.2) is 5.82 Å². The van der Waals surface area contributed by atoms with Gasteiger partial charge in [-0.3, -0.25) is 9.98 Å². The average molecular weight is 306 g/mol. The molecule has 1 atom stereocenters. The van der Waals surface area contributed by atoms with Crippen molar-refractivity contribution in [2.75, 3.05) is 13.2 Å². The van der Waals surface area contributed by atoms with Gasteiger partial charge in [-0.15, -0.1) is 0 Å². The van der Waals surface area contributed by atoms with E-state index in [1.54, 1.807) is 18.5 Å². The summed E-state index contributed by atoms with van der Waals surface area (Å²) in [5, 5.41) is 18.7. The van der Waals surface area contributed by atoms with Gasteiger partial charge >= 0.3 is 0 Å². The number of aliphatic hydroxyl groups excluding tert-OH is 2. The summed E-state index contributed by atoms with van der Waals surface area (Å²) in [7, 11) is 0. The fourth-order valence-corrected chi connectivity index (χ4v) is 2.71. The molecule has 2 heterocycles. The van der Waals surface area contributed by atoms with Crippen molar-refractivity contribution >= 4 is 11.8 Å². The maximum atomic E-state index is 15.1. The number of aliphatic hydroxyl groups is 2. The topological polar surface area (TPSA) is 65.7 Å². The minimum Gasteiger partial charge on any atom is -0.394 e. The van der Waals surface area contributed by atoms with Gasteiger partial charge in [0.05, 0.1) is 12.7 Å². The van der Waals surface area contributed by atoms with Crippen LogP contribution in [0.1, 0.15) is 44.0 Å². The lowest BCUT2D eigenvalue weighted by Gasteiger charge is -2.26. The highest BCUT2D eigenvalue weighted by atomic mass is 19.1. The Morgan fingerprint density at radius 2 is 2.09 bits per heavy atom.